The van der Waals surface area contributed by atoms with Crippen LogP contribution >= 0.6 is 0 Å². The van der Waals surface area contributed by atoms with Gasteiger partial charge in [0.15, 0.2) is 0 Å². The van der Waals surface area contributed by atoms with E-state index in [2.05, 4.69) is 25.1 Å². The van der Waals surface area contributed by atoms with E-state index in [9.17, 15) is 5.11 Å². The maximum atomic E-state index is 9.40. The van der Waals surface area contributed by atoms with Crippen LogP contribution in [0.5, 0.6) is 5.75 Å². The summed E-state index contributed by atoms with van der Waals surface area (Å²) >= 11 is 0. The van der Waals surface area contributed by atoms with E-state index in [4.69, 9.17) is 0 Å². The highest BCUT2D eigenvalue weighted by atomic mass is 16.3. The summed E-state index contributed by atoms with van der Waals surface area (Å²) in [6, 6.07) is 12.1. The van der Waals surface area contributed by atoms with Crippen LogP contribution in [0.4, 0.5) is 0 Å². The SMILES string of the molecule is CCCCCCc1ccc2cc(O)ccc2c1. The molecule has 0 heterocycles. The minimum Gasteiger partial charge on any atom is -0.508 e. The molecule has 0 bridgehead atoms. The summed E-state index contributed by atoms with van der Waals surface area (Å²) in [4.78, 5) is 0. The molecule has 1 nitrogen and oxygen atoms in total. The van der Waals surface area contributed by atoms with Crippen molar-refractivity contribution < 1.29 is 5.11 Å². The van der Waals surface area contributed by atoms with Gasteiger partial charge in [-0.3, -0.25) is 0 Å². The van der Waals surface area contributed by atoms with Gasteiger partial charge in [-0.1, -0.05) is 50.5 Å². The van der Waals surface area contributed by atoms with Crippen molar-refractivity contribution in [2.75, 3.05) is 0 Å². The van der Waals surface area contributed by atoms with Crippen LogP contribution in [0.3, 0.4) is 0 Å². The molecule has 0 aliphatic rings. The number of aryl methyl sites for hydroxylation is 1. The standard InChI is InChI=1S/C16H20O/c1-2-3-4-5-6-13-7-8-15-12-16(17)10-9-14(15)11-13/h7-12,17H,2-6H2,1H3. The topological polar surface area (TPSA) is 20.2 Å². The van der Waals surface area contributed by atoms with Gasteiger partial charge in [-0.25, -0.2) is 0 Å². The smallest absolute Gasteiger partial charge is 0.116 e. The van der Waals surface area contributed by atoms with E-state index in [-0.39, 0.29) is 0 Å². The highest BCUT2D eigenvalue weighted by molar-refractivity contribution is 5.84. The second kappa shape index (κ2) is 5.72. The fourth-order valence-electron chi connectivity index (χ4n) is 2.19. The third kappa shape index (κ3) is 3.23. The van der Waals surface area contributed by atoms with Gasteiger partial charge in [-0.15, -0.1) is 0 Å². The van der Waals surface area contributed by atoms with Gasteiger partial charge in [-0.05, 0) is 41.3 Å². The van der Waals surface area contributed by atoms with Crippen molar-refractivity contribution in [1.82, 2.24) is 0 Å². The van der Waals surface area contributed by atoms with E-state index in [0.29, 0.717) is 5.75 Å². The van der Waals surface area contributed by atoms with Crippen molar-refractivity contribution in [2.24, 2.45) is 0 Å². The number of fused-ring (bicyclic) bond motifs is 1. The normalized spacial score (nSPS) is 10.9. The third-order valence-electron chi connectivity index (χ3n) is 3.21. The molecule has 2 aromatic carbocycles. The van der Waals surface area contributed by atoms with Gasteiger partial charge in [0.2, 0.25) is 0 Å². The number of phenolic OH excluding ortho intramolecular Hbond substituents is 1. The summed E-state index contributed by atoms with van der Waals surface area (Å²) in [5.74, 6) is 0.341. The number of hydrogen-bond acceptors (Lipinski definition) is 1. The summed E-state index contributed by atoms with van der Waals surface area (Å²) < 4.78 is 0. The van der Waals surface area contributed by atoms with Crippen LogP contribution in [0, 0.1) is 0 Å². The molecule has 0 radical (unpaired) electrons. The number of hydrogen-bond donors (Lipinski definition) is 1. The third-order valence-corrected chi connectivity index (χ3v) is 3.21. The fraction of sp³-hybridized carbons (Fsp3) is 0.375. The minimum atomic E-state index is 0.341. The molecule has 17 heavy (non-hydrogen) atoms. The van der Waals surface area contributed by atoms with Crippen molar-refractivity contribution in [3.8, 4) is 5.75 Å². The van der Waals surface area contributed by atoms with Gasteiger partial charge in [0.25, 0.3) is 0 Å². The number of aromatic hydroxyl groups is 1. The molecular weight excluding hydrogens is 208 g/mol. The Morgan fingerprint density at radius 1 is 0.882 bits per heavy atom. The number of phenols is 1. The average Bonchev–Trinajstić information content (AvgIpc) is 2.35. The molecular formula is C16H20O. The Bertz CT molecular complexity index is 488. The first-order valence-electron chi connectivity index (χ1n) is 6.51. The van der Waals surface area contributed by atoms with Crippen LogP contribution in [0.1, 0.15) is 38.2 Å². The average molecular weight is 228 g/mol. The first kappa shape index (κ1) is 12.0. The van der Waals surface area contributed by atoms with Gasteiger partial charge >= 0.3 is 0 Å². The molecule has 1 heteroatoms. The maximum absolute atomic E-state index is 9.40. The van der Waals surface area contributed by atoms with Gasteiger partial charge in [0.1, 0.15) is 5.75 Å². The zero-order chi connectivity index (χ0) is 12.1. The molecule has 0 saturated heterocycles. The summed E-state index contributed by atoms with van der Waals surface area (Å²) in [6.45, 7) is 2.24. The fourth-order valence-corrected chi connectivity index (χ4v) is 2.19. The Hall–Kier alpha value is -1.50. The van der Waals surface area contributed by atoms with Gasteiger partial charge in [0.05, 0.1) is 0 Å². The van der Waals surface area contributed by atoms with Crippen LogP contribution in [-0.4, -0.2) is 5.11 Å². The van der Waals surface area contributed by atoms with E-state index < -0.39 is 0 Å². The van der Waals surface area contributed by atoms with Crippen molar-refractivity contribution >= 4 is 10.8 Å². The molecule has 2 aromatic rings. The van der Waals surface area contributed by atoms with Gasteiger partial charge in [-0.2, -0.15) is 0 Å². The summed E-state index contributed by atoms with van der Waals surface area (Å²) in [7, 11) is 0. The van der Waals surface area contributed by atoms with Crippen LogP contribution in [0.15, 0.2) is 36.4 Å². The molecule has 1 N–H and O–H groups in total. The van der Waals surface area contributed by atoms with E-state index in [1.165, 1.54) is 36.6 Å². The van der Waals surface area contributed by atoms with Gasteiger partial charge < -0.3 is 5.11 Å². The Morgan fingerprint density at radius 3 is 2.47 bits per heavy atom. The summed E-state index contributed by atoms with van der Waals surface area (Å²) in [5.41, 5.74) is 1.40. The van der Waals surface area contributed by atoms with Crippen LogP contribution in [-0.2, 0) is 6.42 Å². The monoisotopic (exact) mass is 228 g/mol. The van der Waals surface area contributed by atoms with E-state index in [0.717, 1.165) is 11.8 Å². The Balaban J connectivity index is 2.07. The number of rotatable bonds is 5. The Kier molecular flexibility index (Phi) is 4.03. The number of unbranched alkanes of at least 4 members (excludes halogenated alkanes) is 3. The van der Waals surface area contributed by atoms with Crippen molar-refractivity contribution in [1.29, 1.82) is 0 Å². The Labute approximate surface area is 103 Å². The first-order valence-corrected chi connectivity index (χ1v) is 6.51. The molecule has 0 fully saturated rings. The van der Waals surface area contributed by atoms with Crippen LogP contribution in [0.25, 0.3) is 10.8 Å². The van der Waals surface area contributed by atoms with E-state index in [1.807, 2.05) is 12.1 Å². The molecule has 0 saturated carbocycles. The molecule has 0 aromatic heterocycles. The maximum Gasteiger partial charge on any atom is 0.116 e. The van der Waals surface area contributed by atoms with Crippen LogP contribution in [0.2, 0.25) is 0 Å². The summed E-state index contributed by atoms with van der Waals surface area (Å²) in [6.07, 6.45) is 6.39. The molecule has 0 atom stereocenters. The zero-order valence-electron chi connectivity index (χ0n) is 10.4. The molecule has 0 amide bonds. The largest absolute Gasteiger partial charge is 0.508 e. The predicted octanol–water partition coefficient (Wildman–Crippen LogP) is 4.67. The quantitative estimate of drug-likeness (QED) is 0.737. The highest BCUT2D eigenvalue weighted by Crippen LogP contribution is 2.21. The van der Waals surface area contributed by atoms with E-state index in [1.54, 1.807) is 6.07 Å². The molecule has 0 aliphatic heterocycles. The lowest BCUT2D eigenvalue weighted by Gasteiger charge is -2.04. The molecule has 90 valence electrons. The zero-order valence-corrected chi connectivity index (χ0v) is 10.4. The molecule has 2 rings (SSSR count). The van der Waals surface area contributed by atoms with Crippen molar-refractivity contribution in [3.63, 3.8) is 0 Å². The van der Waals surface area contributed by atoms with Crippen molar-refractivity contribution in [3.05, 3.63) is 42.0 Å². The van der Waals surface area contributed by atoms with Gasteiger partial charge in [0, 0.05) is 0 Å². The lowest BCUT2D eigenvalue weighted by atomic mass is 10.0. The number of benzene rings is 2. The highest BCUT2D eigenvalue weighted by Gasteiger charge is 1.98. The minimum absolute atomic E-state index is 0.341. The Morgan fingerprint density at radius 2 is 1.65 bits per heavy atom. The molecule has 0 unspecified atom stereocenters. The first-order chi connectivity index (χ1) is 8.29. The lowest BCUT2D eigenvalue weighted by molar-refractivity contribution is 0.476. The van der Waals surface area contributed by atoms with Crippen molar-refractivity contribution in [2.45, 2.75) is 39.0 Å². The lowest BCUT2D eigenvalue weighted by Crippen LogP contribution is -1.86. The van der Waals surface area contributed by atoms with Crippen LogP contribution < -0.4 is 0 Å². The van der Waals surface area contributed by atoms with E-state index >= 15 is 0 Å². The second-order valence-corrected chi connectivity index (χ2v) is 4.68. The molecule has 0 spiro atoms. The summed E-state index contributed by atoms with van der Waals surface area (Å²) in [5, 5.41) is 11.7. The predicted molar refractivity (Wildman–Crippen MR) is 73.5 cm³/mol. The second-order valence-electron chi connectivity index (χ2n) is 4.68. The molecule has 0 aliphatic carbocycles.